The Morgan fingerprint density at radius 1 is 1.12 bits per heavy atom. The van der Waals surface area contributed by atoms with Crippen LogP contribution in [0.5, 0.6) is 0 Å². The maximum atomic E-state index is 13.5. The predicted octanol–water partition coefficient (Wildman–Crippen LogP) is 5.81. The Morgan fingerprint density at radius 3 is 2.62 bits per heavy atom. The first-order chi connectivity index (χ1) is 15.3. The summed E-state index contributed by atoms with van der Waals surface area (Å²) in [6.07, 6.45) is 2.29. The Balaban J connectivity index is 1.73. The molecule has 1 N–H and O–H groups in total. The highest BCUT2D eigenvalue weighted by molar-refractivity contribution is 7.17. The van der Waals surface area contributed by atoms with E-state index in [2.05, 4.69) is 43.2 Å². The minimum atomic E-state index is -0.698. The van der Waals surface area contributed by atoms with Crippen LogP contribution in [-0.4, -0.2) is 15.5 Å². The Morgan fingerprint density at radius 2 is 1.91 bits per heavy atom. The Hall–Kier alpha value is -3.25. The fraction of sp³-hybridized carbons (Fsp3) is 0.269. The summed E-state index contributed by atoms with van der Waals surface area (Å²) in [7, 11) is 0. The summed E-state index contributed by atoms with van der Waals surface area (Å²) in [4.78, 5) is 31.7. The van der Waals surface area contributed by atoms with E-state index in [4.69, 9.17) is 0 Å². The van der Waals surface area contributed by atoms with E-state index >= 15 is 0 Å². The number of nitrogens with one attached hydrogen (secondary N) is 1. The number of aryl methyl sites for hydroxylation is 4. The first kappa shape index (κ1) is 22.0. The molecule has 5 nitrogen and oxygen atoms in total. The molecule has 32 heavy (non-hydrogen) atoms. The van der Waals surface area contributed by atoms with Crippen LogP contribution >= 0.6 is 11.3 Å². The summed E-state index contributed by atoms with van der Waals surface area (Å²) < 4.78 is 1.43. The molecule has 0 aliphatic rings. The lowest BCUT2D eigenvalue weighted by Crippen LogP contribution is -2.32. The highest BCUT2D eigenvalue weighted by atomic mass is 32.1. The molecule has 0 aliphatic carbocycles. The van der Waals surface area contributed by atoms with Crippen LogP contribution in [0.1, 0.15) is 42.1 Å². The second kappa shape index (κ2) is 8.71. The smallest absolute Gasteiger partial charge is 0.263 e. The molecule has 4 rings (SSSR count). The Labute approximate surface area is 191 Å². The van der Waals surface area contributed by atoms with E-state index in [0.717, 1.165) is 34.4 Å². The number of rotatable bonds is 5. The predicted molar refractivity (Wildman–Crippen MR) is 133 cm³/mol. The third-order valence-corrected chi connectivity index (χ3v) is 7.01. The quantitative estimate of drug-likeness (QED) is 0.421. The topological polar surface area (TPSA) is 64.0 Å². The van der Waals surface area contributed by atoms with Crippen LogP contribution in [0.3, 0.4) is 0 Å². The van der Waals surface area contributed by atoms with Gasteiger partial charge in [0.1, 0.15) is 10.9 Å². The maximum Gasteiger partial charge on any atom is 0.263 e. The molecule has 0 aliphatic heterocycles. The zero-order valence-electron chi connectivity index (χ0n) is 19.0. The lowest BCUT2D eigenvalue weighted by Gasteiger charge is -2.18. The molecular weight excluding hydrogens is 418 g/mol. The van der Waals surface area contributed by atoms with Gasteiger partial charge >= 0.3 is 0 Å². The van der Waals surface area contributed by atoms with Gasteiger partial charge in [0.15, 0.2) is 0 Å². The van der Waals surface area contributed by atoms with Gasteiger partial charge in [-0.05, 0) is 61.9 Å². The normalized spacial score (nSPS) is 12.2. The minimum Gasteiger partial charge on any atom is -0.324 e. The second-order valence-corrected chi connectivity index (χ2v) is 9.07. The summed E-state index contributed by atoms with van der Waals surface area (Å²) in [5.74, 6) is -0.236. The molecule has 0 fully saturated rings. The molecule has 0 spiro atoms. The zero-order valence-corrected chi connectivity index (χ0v) is 19.8. The van der Waals surface area contributed by atoms with Crippen molar-refractivity contribution < 1.29 is 4.79 Å². The van der Waals surface area contributed by atoms with E-state index in [1.807, 2.05) is 36.6 Å². The summed E-state index contributed by atoms with van der Waals surface area (Å²) >= 11 is 1.45. The number of nitrogens with zero attached hydrogens (tertiary/aromatic N) is 2. The van der Waals surface area contributed by atoms with Gasteiger partial charge in [-0.1, -0.05) is 43.3 Å². The zero-order chi connectivity index (χ0) is 23.0. The average Bonchev–Trinajstić information content (AvgIpc) is 3.22. The van der Waals surface area contributed by atoms with Gasteiger partial charge in [-0.3, -0.25) is 14.2 Å². The van der Waals surface area contributed by atoms with E-state index in [1.54, 1.807) is 6.92 Å². The fourth-order valence-corrected chi connectivity index (χ4v) is 4.81. The standard InChI is InChI=1S/C26H27N3O2S/c1-6-19-9-7-8-16(3)23(19)28-24(30)18(5)29-14-27-25-22(26(29)31)21(13-32-25)20-11-10-15(2)17(4)12-20/h7-14,18H,6H2,1-5H3,(H,28,30). The van der Waals surface area contributed by atoms with Crippen LogP contribution in [0.2, 0.25) is 0 Å². The number of aromatic nitrogens is 2. The summed E-state index contributed by atoms with van der Waals surface area (Å²) in [6.45, 7) is 9.89. The van der Waals surface area contributed by atoms with E-state index in [-0.39, 0.29) is 11.5 Å². The van der Waals surface area contributed by atoms with Gasteiger partial charge in [-0.25, -0.2) is 4.98 Å². The van der Waals surface area contributed by atoms with Gasteiger partial charge in [0.05, 0.1) is 11.7 Å². The van der Waals surface area contributed by atoms with Gasteiger partial charge < -0.3 is 5.32 Å². The van der Waals surface area contributed by atoms with E-state index < -0.39 is 6.04 Å². The van der Waals surface area contributed by atoms with Crippen molar-refractivity contribution in [2.45, 2.75) is 47.1 Å². The van der Waals surface area contributed by atoms with E-state index in [0.29, 0.717) is 10.2 Å². The number of fused-ring (bicyclic) bond motifs is 1. The van der Waals surface area contributed by atoms with Crippen LogP contribution < -0.4 is 10.9 Å². The number of benzene rings is 2. The van der Waals surface area contributed by atoms with Gasteiger partial charge in [0, 0.05) is 16.6 Å². The maximum absolute atomic E-state index is 13.5. The molecule has 1 unspecified atom stereocenters. The monoisotopic (exact) mass is 445 g/mol. The number of thiophene rings is 1. The number of para-hydroxylation sites is 1. The number of amides is 1. The van der Waals surface area contributed by atoms with Gasteiger partial charge in [0.2, 0.25) is 5.91 Å². The molecule has 1 amide bonds. The van der Waals surface area contributed by atoms with Crippen molar-refractivity contribution in [2.24, 2.45) is 0 Å². The van der Waals surface area contributed by atoms with Crippen LogP contribution in [-0.2, 0) is 11.2 Å². The molecule has 0 radical (unpaired) electrons. The van der Waals surface area contributed by atoms with Crippen LogP contribution in [0.25, 0.3) is 21.3 Å². The number of hydrogen-bond acceptors (Lipinski definition) is 4. The highest BCUT2D eigenvalue weighted by Gasteiger charge is 2.21. The fourth-order valence-electron chi connectivity index (χ4n) is 3.90. The molecule has 6 heteroatoms. The molecule has 164 valence electrons. The number of anilines is 1. The largest absolute Gasteiger partial charge is 0.324 e. The SMILES string of the molecule is CCc1cccc(C)c1NC(=O)C(C)n1cnc2scc(-c3ccc(C)c(C)c3)c2c1=O. The van der Waals surface area contributed by atoms with E-state index in [1.165, 1.54) is 33.4 Å². The number of hydrogen-bond donors (Lipinski definition) is 1. The van der Waals surface area contributed by atoms with Gasteiger partial charge in [-0.2, -0.15) is 0 Å². The lowest BCUT2D eigenvalue weighted by molar-refractivity contribution is -0.118. The van der Waals surface area contributed by atoms with Crippen molar-refractivity contribution in [1.29, 1.82) is 0 Å². The third-order valence-electron chi connectivity index (χ3n) is 6.12. The van der Waals surface area contributed by atoms with Gasteiger partial charge in [0.25, 0.3) is 5.56 Å². The molecule has 2 heterocycles. The molecule has 0 saturated heterocycles. The Kier molecular flexibility index (Phi) is 5.98. The second-order valence-electron chi connectivity index (χ2n) is 8.21. The van der Waals surface area contributed by atoms with Crippen molar-refractivity contribution in [1.82, 2.24) is 9.55 Å². The summed E-state index contributed by atoms with van der Waals surface area (Å²) in [6, 6.07) is 11.5. The van der Waals surface area contributed by atoms with Crippen molar-refractivity contribution in [3.63, 3.8) is 0 Å². The number of carbonyl (C=O) groups is 1. The average molecular weight is 446 g/mol. The van der Waals surface area contributed by atoms with Crippen molar-refractivity contribution >= 4 is 33.1 Å². The highest BCUT2D eigenvalue weighted by Crippen LogP contribution is 2.32. The van der Waals surface area contributed by atoms with Gasteiger partial charge in [-0.15, -0.1) is 11.3 Å². The molecule has 0 bridgehead atoms. The lowest BCUT2D eigenvalue weighted by atomic mass is 10.0. The first-order valence-corrected chi connectivity index (χ1v) is 11.6. The van der Waals surface area contributed by atoms with Crippen LogP contribution in [0.15, 0.2) is 52.9 Å². The minimum absolute atomic E-state index is 0.201. The molecule has 2 aromatic heterocycles. The summed E-state index contributed by atoms with van der Waals surface area (Å²) in [5.41, 5.74) is 6.91. The Bertz CT molecular complexity index is 1380. The van der Waals surface area contributed by atoms with Crippen molar-refractivity contribution in [2.75, 3.05) is 5.32 Å². The van der Waals surface area contributed by atoms with E-state index in [9.17, 15) is 9.59 Å². The first-order valence-electron chi connectivity index (χ1n) is 10.8. The molecule has 1 atom stereocenters. The third kappa shape index (κ3) is 3.86. The van der Waals surface area contributed by atoms with Crippen molar-refractivity contribution in [3.8, 4) is 11.1 Å². The molecular formula is C26H27N3O2S. The molecule has 0 saturated carbocycles. The summed E-state index contributed by atoms with van der Waals surface area (Å²) in [5, 5.41) is 5.57. The number of carbonyl (C=O) groups excluding carboxylic acids is 1. The van der Waals surface area contributed by atoms with Crippen molar-refractivity contribution in [3.05, 3.63) is 80.7 Å². The van der Waals surface area contributed by atoms with Crippen LogP contribution in [0.4, 0.5) is 5.69 Å². The van der Waals surface area contributed by atoms with Crippen LogP contribution in [0, 0.1) is 20.8 Å². The molecule has 4 aromatic rings. The molecule has 2 aromatic carbocycles.